The molecule has 2 aromatic carbocycles. The first-order valence-corrected chi connectivity index (χ1v) is 9.53. The predicted octanol–water partition coefficient (Wildman–Crippen LogP) is 3.29. The number of halogens is 1. The second-order valence-corrected chi connectivity index (χ2v) is 7.14. The molecule has 0 bridgehead atoms. The minimum atomic E-state index is -0.185. The summed E-state index contributed by atoms with van der Waals surface area (Å²) in [7, 11) is 0. The van der Waals surface area contributed by atoms with Gasteiger partial charge in [-0.05, 0) is 48.9 Å². The van der Waals surface area contributed by atoms with Crippen molar-refractivity contribution < 1.29 is 14.4 Å². The molecular formula is C21H22ClN3O3. The molecule has 1 heterocycles. The average molecular weight is 400 g/mol. The second-order valence-electron chi connectivity index (χ2n) is 6.71. The van der Waals surface area contributed by atoms with Gasteiger partial charge in [-0.3, -0.25) is 14.4 Å². The molecule has 2 aromatic rings. The highest BCUT2D eigenvalue weighted by atomic mass is 35.5. The van der Waals surface area contributed by atoms with Crippen LogP contribution in [0.25, 0.3) is 0 Å². The largest absolute Gasteiger partial charge is 0.337 e. The van der Waals surface area contributed by atoms with Crippen molar-refractivity contribution in [2.24, 2.45) is 0 Å². The normalized spacial score (nSPS) is 14.4. The number of carbonyl (C=O) groups is 3. The lowest BCUT2D eigenvalue weighted by molar-refractivity contribution is -0.114. The van der Waals surface area contributed by atoms with E-state index < -0.39 is 0 Å². The van der Waals surface area contributed by atoms with Crippen LogP contribution in [0.4, 0.5) is 5.69 Å². The Hall–Kier alpha value is -2.86. The third kappa shape index (κ3) is 4.89. The molecule has 1 saturated heterocycles. The maximum atomic E-state index is 12.9. The highest BCUT2D eigenvalue weighted by Gasteiger charge is 2.23. The van der Waals surface area contributed by atoms with Crippen molar-refractivity contribution in [3.8, 4) is 0 Å². The number of benzene rings is 2. The van der Waals surface area contributed by atoms with E-state index in [1.165, 1.54) is 6.92 Å². The fourth-order valence-electron chi connectivity index (χ4n) is 3.21. The Kier molecular flexibility index (Phi) is 6.31. The van der Waals surface area contributed by atoms with Crippen LogP contribution in [0.5, 0.6) is 0 Å². The molecule has 0 unspecified atom stereocenters. The molecule has 1 N–H and O–H groups in total. The molecule has 0 spiro atoms. The summed E-state index contributed by atoms with van der Waals surface area (Å²) in [5.74, 6) is -0.345. The standard InChI is InChI=1S/C21H22ClN3O3/c1-15(26)23-19-5-2-4-17(14-19)21(28)25-11-3-10-24(12-13-25)20(27)16-6-8-18(22)9-7-16/h2,4-9,14H,3,10-13H2,1H3,(H,23,26). The first-order chi connectivity index (χ1) is 13.4. The summed E-state index contributed by atoms with van der Waals surface area (Å²) in [5, 5.41) is 3.28. The molecule has 1 fully saturated rings. The zero-order valence-electron chi connectivity index (χ0n) is 15.7. The van der Waals surface area contributed by atoms with Gasteiger partial charge in [-0.1, -0.05) is 17.7 Å². The van der Waals surface area contributed by atoms with E-state index in [2.05, 4.69) is 5.32 Å². The summed E-state index contributed by atoms with van der Waals surface area (Å²) in [6.07, 6.45) is 0.705. The topological polar surface area (TPSA) is 69.7 Å². The molecule has 0 atom stereocenters. The van der Waals surface area contributed by atoms with Gasteiger partial charge in [-0.2, -0.15) is 0 Å². The van der Waals surface area contributed by atoms with E-state index in [9.17, 15) is 14.4 Å². The SMILES string of the molecule is CC(=O)Nc1cccc(C(=O)N2CCCN(C(=O)c3ccc(Cl)cc3)CC2)c1. The monoisotopic (exact) mass is 399 g/mol. The lowest BCUT2D eigenvalue weighted by atomic mass is 10.1. The average Bonchev–Trinajstić information content (AvgIpc) is 2.93. The molecule has 28 heavy (non-hydrogen) atoms. The van der Waals surface area contributed by atoms with Gasteiger partial charge >= 0.3 is 0 Å². The van der Waals surface area contributed by atoms with Gasteiger partial charge in [0, 0.05) is 54.9 Å². The number of anilines is 1. The summed E-state index contributed by atoms with van der Waals surface area (Å²) >= 11 is 5.89. The molecule has 146 valence electrons. The quantitative estimate of drug-likeness (QED) is 0.861. The van der Waals surface area contributed by atoms with Gasteiger partial charge in [0.05, 0.1) is 0 Å². The van der Waals surface area contributed by atoms with Crippen LogP contribution >= 0.6 is 11.6 Å². The summed E-state index contributed by atoms with van der Waals surface area (Å²) in [6.45, 7) is 3.53. The Morgan fingerprint density at radius 2 is 1.46 bits per heavy atom. The lowest BCUT2D eigenvalue weighted by Gasteiger charge is -2.22. The van der Waals surface area contributed by atoms with Crippen LogP contribution in [0.3, 0.4) is 0 Å². The highest BCUT2D eigenvalue weighted by Crippen LogP contribution is 2.16. The summed E-state index contributed by atoms with van der Waals surface area (Å²) < 4.78 is 0. The maximum absolute atomic E-state index is 12.9. The molecule has 7 heteroatoms. The fourth-order valence-corrected chi connectivity index (χ4v) is 3.34. The van der Waals surface area contributed by atoms with Crippen LogP contribution in [0.1, 0.15) is 34.1 Å². The zero-order valence-corrected chi connectivity index (χ0v) is 16.4. The third-order valence-electron chi connectivity index (χ3n) is 4.59. The number of hydrogen-bond acceptors (Lipinski definition) is 3. The third-order valence-corrected chi connectivity index (χ3v) is 4.84. The van der Waals surface area contributed by atoms with Gasteiger partial charge in [-0.15, -0.1) is 0 Å². The number of amides is 3. The van der Waals surface area contributed by atoms with Gasteiger partial charge in [-0.25, -0.2) is 0 Å². The molecular weight excluding hydrogens is 378 g/mol. The van der Waals surface area contributed by atoms with Crippen LogP contribution in [-0.4, -0.2) is 53.7 Å². The summed E-state index contributed by atoms with van der Waals surface area (Å²) in [4.78, 5) is 40.3. The fraction of sp³-hybridized carbons (Fsp3) is 0.286. The van der Waals surface area contributed by atoms with Crippen molar-refractivity contribution in [3.05, 3.63) is 64.7 Å². The molecule has 1 aliphatic heterocycles. The van der Waals surface area contributed by atoms with Crippen molar-refractivity contribution in [3.63, 3.8) is 0 Å². The highest BCUT2D eigenvalue weighted by molar-refractivity contribution is 6.30. The van der Waals surface area contributed by atoms with Gasteiger partial charge in [0.25, 0.3) is 11.8 Å². The van der Waals surface area contributed by atoms with Gasteiger partial charge < -0.3 is 15.1 Å². The van der Waals surface area contributed by atoms with Crippen molar-refractivity contribution in [2.75, 3.05) is 31.5 Å². The molecule has 0 aromatic heterocycles. The molecule has 6 nitrogen and oxygen atoms in total. The van der Waals surface area contributed by atoms with E-state index in [0.29, 0.717) is 54.4 Å². The Morgan fingerprint density at radius 3 is 2.07 bits per heavy atom. The Labute approximate surface area is 169 Å². The second kappa shape index (κ2) is 8.89. The van der Waals surface area contributed by atoms with Crippen molar-refractivity contribution >= 4 is 35.0 Å². The van der Waals surface area contributed by atoms with Gasteiger partial charge in [0.1, 0.15) is 0 Å². The van der Waals surface area contributed by atoms with Crippen LogP contribution in [0, 0.1) is 0 Å². The zero-order chi connectivity index (χ0) is 20.1. The summed E-state index contributed by atoms with van der Waals surface area (Å²) in [6, 6.07) is 13.7. The minimum Gasteiger partial charge on any atom is -0.337 e. The Bertz CT molecular complexity index is 883. The Morgan fingerprint density at radius 1 is 0.857 bits per heavy atom. The maximum Gasteiger partial charge on any atom is 0.253 e. The number of hydrogen-bond donors (Lipinski definition) is 1. The van der Waals surface area contributed by atoms with Crippen LogP contribution in [-0.2, 0) is 4.79 Å². The number of nitrogens with zero attached hydrogens (tertiary/aromatic N) is 2. The molecule has 1 aliphatic rings. The molecule has 3 rings (SSSR count). The van der Waals surface area contributed by atoms with Crippen molar-refractivity contribution in [1.82, 2.24) is 9.80 Å². The predicted molar refractivity (Wildman–Crippen MR) is 109 cm³/mol. The van der Waals surface area contributed by atoms with Crippen LogP contribution in [0.15, 0.2) is 48.5 Å². The lowest BCUT2D eigenvalue weighted by Crippen LogP contribution is -2.37. The molecule has 0 radical (unpaired) electrons. The van der Waals surface area contributed by atoms with Crippen LogP contribution in [0.2, 0.25) is 5.02 Å². The van der Waals surface area contributed by atoms with Gasteiger partial charge in [0.15, 0.2) is 0 Å². The molecule has 0 aliphatic carbocycles. The van der Waals surface area contributed by atoms with E-state index in [1.807, 2.05) is 0 Å². The van der Waals surface area contributed by atoms with Gasteiger partial charge in [0.2, 0.25) is 5.91 Å². The Balaban J connectivity index is 1.66. The van der Waals surface area contributed by atoms with E-state index in [1.54, 1.807) is 58.3 Å². The van der Waals surface area contributed by atoms with E-state index >= 15 is 0 Å². The number of carbonyl (C=O) groups excluding carboxylic acids is 3. The minimum absolute atomic E-state index is 0.0568. The first-order valence-electron chi connectivity index (χ1n) is 9.16. The van der Waals surface area contributed by atoms with E-state index in [0.717, 1.165) is 0 Å². The van der Waals surface area contributed by atoms with E-state index in [-0.39, 0.29) is 17.7 Å². The smallest absolute Gasteiger partial charge is 0.253 e. The molecule has 3 amide bonds. The number of rotatable bonds is 3. The summed E-state index contributed by atoms with van der Waals surface area (Å²) in [5.41, 5.74) is 1.70. The number of nitrogens with one attached hydrogen (secondary N) is 1. The van der Waals surface area contributed by atoms with E-state index in [4.69, 9.17) is 11.6 Å². The van der Waals surface area contributed by atoms with Crippen LogP contribution < -0.4 is 5.32 Å². The first kappa shape index (κ1) is 19.9. The van der Waals surface area contributed by atoms with Crippen molar-refractivity contribution in [2.45, 2.75) is 13.3 Å². The van der Waals surface area contributed by atoms with Crippen molar-refractivity contribution in [1.29, 1.82) is 0 Å². The molecule has 0 saturated carbocycles.